The van der Waals surface area contributed by atoms with Crippen molar-refractivity contribution in [3.63, 3.8) is 0 Å². The average Bonchev–Trinajstić information content (AvgIpc) is 2.52. The number of hydrogen-bond acceptors (Lipinski definition) is 3. The van der Waals surface area contributed by atoms with Crippen LogP contribution < -0.4 is 5.32 Å². The second-order valence-corrected chi connectivity index (χ2v) is 5.03. The number of hydrogen-bond donors (Lipinski definition) is 2. The molecule has 0 bridgehead atoms. The number of nitrogens with zero attached hydrogens (tertiary/aromatic N) is 1. The van der Waals surface area contributed by atoms with Crippen LogP contribution in [0.15, 0.2) is 48.8 Å². The molecule has 0 saturated heterocycles. The van der Waals surface area contributed by atoms with E-state index in [-0.39, 0.29) is 12.5 Å². The third-order valence-electron chi connectivity index (χ3n) is 3.43. The molecule has 2 N–H and O–H groups in total. The molecule has 0 aliphatic rings. The van der Waals surface area contributed by atoms with E-state index in [9.17, 15) is 9.90 Å². The maximum Gasteiger partial charge on any atom is 0.220 e. The minimum atomic E-state index is -0.670. The van der Waals surface area contributed by atoms with Crippen molar-refractivity contribution in [2.75, 3.05) is 6.54 Å². The monoisotopic (exact) mass is 284 g/mol. The maximum atomic E-state index is 11.8. The quantitative estimate of drug-likeness (QED) is 0.854. The Morgan fingerprint density at radius 3 is 2.67 bits per heavy atom. The Hall–Kier alpha value is -2.20. The number of carbonyl (C=O) groups is 1. The van der Waals surface area contributed by atoms with Gasteiger partial charge in [0.25, 0.3) is 0 Å². The van der Waals surface area contributed by atoms with Crippen LogP contribution in [0, 0.1) is 6.92 Å². The lowest BCUT2D eigenvalue weighted by Crippen LogP contribution is -2.28. The number of rotatable bonds is 6. The van der Waals surface area contributed by atoms with Gasteiger partial charge in [-0.25, -0.2) is 0 Å². The lowest BCUT2D eigenvalue weighted by Gasteiger charge is -2.14. The Bertz CT molecular complexity index is 584. The molecule has 21 heavy (non-hydrogen) atoms. The summed E-state index contributed by atoms with van der Waals surface area (Å²) in [5.41, 5.74) is 2.96. The molecule has 1 amide bonds. The van der Waals surface area contributed by atoms with E-state index in [0.717, 1.165) is 16.7 Å². The van der Waals surface area contributed by atoms with Gasteiger partial charge < -0.3 is 10.4 Å². The predicted molar refractivity (Wildman–Crippen MR) is 81.7 cm³/mol. The van der Waals surface area contributed by atoms with Crippen LogP contribution in [0.2, 0.25) is 0 Å². The Balaban J connectivity index is 1.77. The zero-order chi connectivity index (χ0) is 15.1. The van der Waals surface area contributed by atoms with Gasteiger partial charge in [-0.1, -0.05) is 24.3 Å². The van der Waals surface area contributed by atoms with E-state index in [2.05, 4.69) is 10.3 Å². The van der Waals surface area contributed by atoms with Gasteiger partial charge in [-0.2, -0.15) is 0 Å². The minimum Gasteiger partial charge on any atom is -0.387 e. The Morgan fingerprint density at radius 1 is 1.24 bits per heavy atom. The molecule has 2 rings (SSSR count). The summed E-state index contributed by atoms with van der Waals surface area (Å²) in [6.07, 6.45) is 3.85. The number of aliphatic hydroxyl groups is 1. The number of aryl methyl sites for hydroxylation is 2. The highest BCUT2D eigenvalue weighted by Gasteiger charge is 2.11. The second-order valence-electron chi connectivity index (χ2n) is 5.03. The van der Waals surface area contributed by atoms with E-state index < -0.39 is 6.10 Å². The zero-order valence-corrected chi connectivity index (χ0v) is 12.1. The van der Waals surface area contributed by atoms with E-state index in [4.69, 9.17) is 0 Å². The highest BCUT2D eigenvalue weighted by atomic mass is 16.3. The molecule has 1 heterocycles. The summed E-state index contributed by atoms with van der Waals surface area (Å²) in [6.45, 7) is 2.18. The first kappa shape index (κ1) is 15.2. The molecule has 1 aromatic carbocycles. The van der Waals surface area contributed by atoms with Crippen LogP contribution in [-0.2, 0) is 11.2 Å². The van der Waals surface area contributed by atoms with Gasteiger partial charge in [0.1, 0.15) is 0 Å². The molecule has 2 aromatic rings. The fraction of sp³-hybridized carbons (Fsp3) is 0.294. The van der Waals surface area contributed by atoms with Crippen molar-refractivity contribution in [2.45, 2.75) is 25.9 Å². The smallest absolute Gasteiger partial charge is 0.220 e. The van der Waals surface area contributed by atoms with Gasteiger partial charge in [0.2, 0.25) is 5.91 Å². The molecular formula is C17H20N2O2. The summed E-state index contributed by atoms with van der Waals surface area (Å²) in [7, 11) is 0. The van der Waals surface area contributed by atoms with E-state index in [0.29, 0.717) is 12.8 Å². The summed E-state index contributed by atoms with van der Waals surface area (Å²) < 4.78 is 0. The number of aromatic nitrogens is 1. The largest absolute Gasteiger partial charge is 0.387 e. The molecule has 1 unspecified atom stereocenters. The van der Waals surface area contributed by atoms with Crippen molar-refractivity contribution >= 4 is 5.91 Å². The first-order chi connectivity index (χ1) is 10.2. The SMILES string of the molecule is Cc1ccccc1C(O)CNC(=O)CCc1ccncc1. The number of pyridine rings is 1. The van der Waals surface area contributed by atoms with Crippen molar-refractivity contribution in [3.8, 4) is 0 Å². The molecule has 1 atom stereocenters. The van der Waals surface area contributed by atoms with Crippen LogP contribution in [0.4, 0.5) is 0 Å². The molecule has 0 fully saturated rings. The summed E-state index contributed by atoms with van der Waals surface area (Å²) in [4.78, 5) is 15.7. The van der Waals surface area contributed by atoms with Crippen LogP contribution in [0.5, 0.6) is 0 Å². The van der Waals surface area contributed by atoms with E-state index in [1.165, 1.54) is 0 Å². The molecule has 1 aromatic heterocycles. The van der Waals surface area contributed by atoms with Crippen molar-refractivity contribution in [1.82, 2.24) is 10.3 Å². The first-order valence-corrected chi connectivity index (χ1v) is 7.06. The molecule has 0 aliphatic heterocycles. The highest BCUT2D eigenvalue weighted by molar-refractivity contribution is 5.76. The number of nitrogens with one attached hydrogen (secondary N) is 1. The standard InChI is InChI=1S/C17H20N2O2/c1-13-4-2-3-5-15(13)16(20)12-19-17(21)7-6-14-8-10-18-11-9-14/h2-5,8-11,16,20H,6-7,12H2,1H3,(H,19,21). The summed E-state index contributed by atoms with van der Waals surface area (Å²) in [6, 6.07) is 11.4. The molecule has 0 saturated carbocycles. The number of carbonyl (C=O) groups excluding carboxylic acids is 1. The average molecular weight is 284 g/mol. The van der Waals surface area contributed by atoms with Crippen LogP contribution >= 0.6 is 0 Å². The molecule has 0 radical (unpaired) electrons. The fourth-order valence-corrected chi connectivity index (χ4v) is 2.18. The number of amides is 1. The Kier molecular flexibility index (Phi) is 5.46. The number of benzene rings is 1. The van der Waals surface area contributed by atoms with Gasteiger partial charge >= 0.3 is 0 Å². The van der Waals surface area contributed by atoms with Gasteiger partial charge in [-0.15, -0.1) is 0 Å². The van der Waals surface area contributed by atoms with E-state index in [1.807, 2.05) is 43.3 Å². The second kappa shape index (κ2) is 7.55. The third kappa shape index (κ3) is 4.68. The van der Waals surface area contributed by atoms with Crippen molar-refractivity contribution < 1.29 is 9.90 Å². The summed E-state index contributed by atoms with van der Waals surface area (Å²) in [5, 5.41) is 12.9. The predicted octanol–water partition coefficient (Wildman–Crippen LogP) is 2.17. The van der Waals surface area contributed by atoms with Gasteiger partial charge in [-0.3, -0.25) is 9.78 Å². The zero-order valence-electron chi connectivity index (χ0n) is 12.1. The highest BCUT2D eigenvalue weighted by Crippen LogP contribution is 2.16. The molecular weight excluding hydrogens is 264 g/mol. The van der Waals surface area contributed by atoms with Gasteiger partial charge in [0.05, 0.1) is 6.10 Å². The Labute approximate surface area is 124 Å². The molecule has 4 nitrogen and oxygen atoms in total. The molecule has 0 spiro atoms. The van der Waals surface area contributed by atoms with Crippen LogP contribution in [0.3, 0.4) is 0 Å². The van der Waals surface area contributed by atoms with Crippen molar-refractivity contribution in [2.24, 2.45) is 0 Å². The van der Waals surface area contributed by atoms with Gasteiger partial charge in [0.15, 0.2) is 0 Å². The van der Waals surface area contributed by atoms with Crippen LogP contribution in [0.1, 0.15) is 29.2 Å². The summed E-state index contributed by atoms with van der Waals surface area (Å²) >= 11 is 0. The molecule has 4 heteroatoms. The van der Waals surface area contributed by atoms with E-state index >= 15 is 0 Å². The topological polar surface area (TPSA) is 62.2 Å². The molecule has 110 valence electrons. The number of aliphatic hydroxyl groups excluding tert-OH is 1. The lowest BCUT2D eigenvalue weighted by molar-refractivity contribution is -0.121. The first-order valence-electron chi connectivity index (χ1n) is 7.06. The Morgan fingerprint density at radius 2 is 1.95 bits per heavy atom. The van der Waals surface area contributed by atoms with Gasteiger partial charge in [-0.05, 0) is 42.2 Å². The van der Waals surface area contributed by atoms with Gasteiger partial charge in [0, 0.05) is 25.4 Å². The minimum absolute atomic E-state index is 0.0561. The lowest BCUT2D eigenvalue weighted by atomic mass is 10.0. The summed E-state index contributed by atoms with van der Waals surface area (Å²) in [5.74, 6) is -0.0561. The third-order valence-corrected chi connectivity index (χ3v) is 3.43. The van der Waals surface area contributed by atoms with Crippen molar-refractivity contribution in [1.29, 1.82) is 0 Å². The van der Waals surface area contributed by atoms with Crippen molar-refractivity contribution in [3.05, 3.63) is 65.5 Å². The normalized spacial score (nSPS) is 11.9. The van der Waals surface area contributed by atoms with Crippen LogP contribution in [0.25, 0.3) is 0 Å². The molecule has 0 aliphatic carbocycles. The fourth-order valence-electron chi connectivity index (χ4n) is 2.18. The van der Waals surface area contributed by atoms with Crippen LogP contribution in [-0.4, -0.2) is 22.5 Å². The van der Waals surface area contributed by atoms with E-state index in [1.54, 1.807) is 12.4 Å². The maximum absolute atomic E-state index is 11.8.